The number of amides is 2. The fourth-order valence-corrected chi connectivity index (χ4v) is 7.77. The highest BCUT2D eigenvalue weighted by atomic mass is 79.9. The first-order chi connectivity index (χ1) is 14.6. The van der Waals surface area contributed by atoms with Crippen LogP contribution < -0.4 is 10.6 Å². The van der Waals surface area contributed by atoms with E-state index in [1.807, 2.05) is 0 Å². The van der Waals surface area contributed by atoms with Gasteiger partial charge < -0.3 is 15.5 Å². The molecule has 2 N–H and O–H groups in total. The summed E-state index contributed by atoms with van der Waals surface area (Å²) in [6.07, 6.45) is 11.1. The van der Waals surface area contributed by atoms with Crippen LogP contribution in [0.15, 0.2) is 9.98 Å². The molecular weight excluding hydrogens is 464 g/mol. The first kappa shape index (κ1) is 20.9. The zero-order valence-corrected chi connectivity index (χ0v) is 19.8. The predicted octanol–water partition coefficient (Wildman–Crippen LogP) is 3.89. The fourth-order valence-electron chi connectivity index (χ4n) is 6.66. The molecule has 6 nitrogen and oxygen atoms in total. The number of aromatic nitrogens is 1. The first-order valence-electron chi connectivity index (χ1n) is 11.5. The van der Waals surface area contributed by atoms with E-state index in [1.165, 1.54) is 50.1 Å². The van der Waals surface area contributed by atoms with Gasteiger partial charge in [-0.1, -0.05) is 11.3 Å². The van der Waals surface area contributed by atoms with Crippen molar-refractivity contribution in [3.05, 3.63) is 9.98 Å². The highest BCUT2D eigenvalue weighted by molar-refractivity contribution is 9.11. The van der Waals surface area contributed by atoms with E-state index < -0.39 is 0 Å². The van der Waals surface area contributed by atoms with Crippen molar-refractivity contribution < 1.29 is 9.59 Å². The van der Waals surface area contributed by atoms with Crippen molar-refractivity contribution in [2.75, 3.05) is 31.5 Å². The molecular formula is C22H31BrN4O2S. The lowest BCUT2D eigenvalue weighted by molar-refractivity contribution is -0.134. The molecule has 2 heterocycles. The van der Waals surface area contributed by atoms with E-state index in [1.54, 1.807) is 6.20 Å². The van der Waals surface area contributed by atoms with Gasteiger partial charge in [0.2, 0.25) is 11.8 Å². The minimum Gasteiger partial charge on any atom is -0.356 e. The maximum absolute atomic E-state index is 13.2. The Morgan fingerprint density at radius 1 is 1.13 bits per heavy atom. The highest BCUT2D eigenvalue weighted by Crippen LogP contribution is 2.74. The molecule has 2 bridgehead atoms. The summed E-state index contributed by atoms with van der Waals surface area (Å²) < 4.78 is 0.896. The maximum Gasteiger partial charge on any atom is 0.230 e. The summed E-state index contributed by atoms with van der Waals surface area (Å²) in [4.78, 5) is 33.2. The lowest BCUT2D eigenvalue weighted by atomic mass is 9.78. The number of unbranched alkanes of at least 4 members (excludes halogenated alkanes) is 1. The van der Waals surface area contributed by atoms with E-state index in [-0.39, 0.29) is 29.1 Å². The molecule has 30 heavy (non-hydrogen) atoms. The van der Waals surface area contributed by atoms with Crippen LogP contribution in [0.4, 0.5) is 5.13 Å². The van der Waals surface area contributed by atoms with Gasteiger partial charge >= 0.3 is 0 Å². The third kappa shape index (κ3) is 3.84. The monoisotopic (exact) mass is 494 g/mol. The minimum absolute atomic E-state index is 0.00971. The summed E-state index contributed by atoms with van der Waals surface area (Å²) in [7, 11) is 0. The van der Waals surface area contributed by atoms with E-state index in [4.69, 9.17) is 0 Å². The number of nitrogens with one attached hydrogen (secondary N) is 2. The predicted molar refractivity (Wildman–Crippen MR) is 121 cm³/mol. The fraction of sp³-hybridized carbons (Fsp3) is 0.773. The molecule has 5 rings (SSSR count). The van der Waals surface area contributed by atoms with Crippen LogP contribution in [-0.4, -0.2) is 47.9 Å². The maximum atomic E-state index is 13.2. The van der Waals surface area contributed by atoms with Crippen molar-refractivity contribution in [1.29, 1.82) is 0 Å². The van der Waals surface area contributed by atoms with Gasteiger partial charge in [-0.25, -0.2) is 4.98 Å². The highest BCUT2D eigenvalue weighted by Gasteiger charge is 2.71. The minimum atomic E-state index is -0.210. The average Bonchev–Trinajstić information content (AvgIpc) is 3.02. The largest absolute Gasteiger partial charge is 0.356 e. The molecule has 3 aliphatic carbocycles. The zero-order chi connectivity index (χ0) is 20.7. The summed E-state index contributed by atoms with van der Waals surface area (Å²) in [5, 5.41) is 6.81. The van der Waals surface area contributed by atoms with Crippen LogP contribution in [0, 0.1) is 29.1 Å². The molecule has 1 spiro atoms. The molecule has 4 fully saturated rings. The number of hydrogen-bond donors (Lipinski definition) is 2. The Bertz CT molecular complexity index is 805. The van der Waals surface area contributed by atoms with Gasteiger partial charge in [-0.2, -0.15) is 0 Å². The van der Waals surface area contributed by atoms with Crippen molar-refractivity contribution in [3.8, 4) is 0 Å². The van der Waals surface area contributed by atoms with Crippen LogP contribution in [0.3, 0.4) is 0 Å². The Hall–Kier alpha value is -0.990. The zero-order valence-electron chi connectivity index (χ0n) is 17.4. The number of carbonyl (C=O) groups excluding carboxylic acids is 2. The molecule has 3 saturated carbocycles. The Kier molecular flexibility index (Phi) is 5.92. The summed E-state index contributed by atoms with van der Waals surface area (Å²) >= 11 is 4.82. The van der Waals surface area contributed by atoms with Crippen LogP contribution in [-0.2, 0) is 9.59 Å². The lowest BCUT2D eigenvalue weighted by Crippen LogP contribution is -2.43. The first-order valence-corrected chi connectivity index (χ1v) is 13.1. The van der Waals surface area contributed by atoms with Gasteiger partial charge in [-0.05, 0) is 104 Å². The summed E-state index contributed by atoms with van der Waals surface area (Å²) in [6, 6.07) is 0. The van der Waals surface area contributed by atoms with Crippen molar-refractivity contribution in [2.45, 2.75) is 51.4 Å². The van der Waals surface area contributed by atoms with Gasteiger partial charge in [-0.3, -0.25) is 9.59 Å². The van der Waals surface area contributed by atoms with Gasteiger partial charge in [0.1, 0.15) is 0 Å². The SMILES string of the molecule is O=C(NCCCCN1CCCC1)[C@H]1[C@H](C(=O)Nc2ncc(Br)s2)[C@@H]2CC[C@H]1C21CC1. The number of halogens is 1. The number of nitrogens with zero attached hydrogens (tertiary/aromatic N) is 2. The molecule has 0 radical (unpaired) electrons. The molecule has 2 amide bonds. The summed E-state index contributed by atoms with van der Waals surface area (Å²) in [5.74, 6) is 0.453. The van der Waals surface area contributed by atoms with E-state index in [0.717, 1.165) is 42.6 Å². The van der Waals surface area contributed by atoms with Crippen molar-refractivity contribution in [1.82, 2.24) is 15.2 Å². The Morgan fingerprint density at radius 3 is 2.47 bits per heavy atom. The van der Waals surface area contributed by atoms with Crippen molar-refractivity contribution in [3.63, 3.8) is 0 Å². The van der Waals surface area contributed by atoms with E-state index in [0.29, 0.717) is 17.0 Å². The molecule has 1 aromatic heterocycles. The molecule has 0 unspecified atom stereocenters. The third-order valence-electron chi connectivity index (χ3n) is 8.06. The normalized spacial score (nSPS) is 31.4. The molecule has 1 aromatic rings. The Labute approximate surface area is 190 Å². The topological polar surface area (TPSA) is 74.3 Å². The van der Waals surface area contributed by atoms with E-state index in [2.05, 4.69) is 36.4 Å². The van der Waals surface area contributed by atoms with Crippen LogP contribution >= 0.6 is 27.3 Å². The molecule has 1 saturated heterocycles. The van der Waals surface area contributed by atoms with Crippen LogP contribution in [0.1, 0.15) is 51.4 Å². The van der Waals surface area contributed by atoms with Gasteiger partial charge in [0, 0.05) is 6.54 Å². The summed E-state index contributed by atoms with van der Waals surface area (Å²) in [6.45, 7) is 4.32. The van der Waals surface area contributed by atoms with Crippen LogP contribution in [0.2, 0.25) is 0 Å². The standard InChI is InChI=1S/C22H31BrN4O2S/c23-16-13-25-21(30-16)26-20(29)18-15-6-5-14(22(15)7-8-22)17(18)19(28)24-9-1-2-10-27-11-3-4-12-27/h13-15,17-18H,1-12H2,(H,24,28)(H,25,26,29)/t14-,15+,17-,18-/m1/s1. The third-order valence-corrected chi connectivity index (χ3v) is 9.45. The molecule has 4 aliphatic rings. The average molecular weight is 495 g/mol. The number of anilines is 1. The number of rotatable bonds is 8. The van der Waals surface area contributed by atoms with Crippen LogP contribution in [0.25, 0.3) is 0 Å². The number of thiazole rings is 1. The Balaban J connectivity index is 1.19. The summed E-state index contributed by atoms with van der Waals surface area (Å²) in [5.41, 5.74) is 0.267. The van der Waals surface area contributed by atoms with E-state index in [9.17, 15) is 9.59 Å². The number of hydrogen-bond acceptors (Lipinski definition) is 5. The molecule has 1 aliphatic heterocycles. The Morgan fingerprint density at radius 2 is 1.83 bits per heavy atom. The molecule has 4 atom stereocenters. The van der Waals surface area contributed by atoms with Crippen LogP contribution in [0.5, 0.6) is 0 Å². The lowest BCUT2D eigenvalue weighted by Gasteiger charge is -2.28. The second-order valence-corrected chi connectivity index (χ2v) is 12.0. The van der Waals surface area contributed by atoms with E-state index >= 15 is 0 Å². The number of carbonyl (C=O) groups is 2. The molecule has 0 aromatic carbocycles. The van der Waals surface area contributed by atoms with Gasteiger partial charge in [0.25, 0.3) is 0 Å². The molecule has 8 heteroatoms. The van der Waals surface area contributed by atoms with Crippen molar-refractivity contribution in [2.24, 2.45) is 29.1 Å². The quantitative estimate of drug-likeness (QED) is 0.537. The second-order valence-electron chi connectivity index (χ2n) is 9.58. The van der Waals surface area contributed by atoms with Gasteiger partial charge in [0.05, 0.1) is 21.8 Å². The second kappa shape index (κ2) is 8.51. The smallest absolute Gasteiger partial charge is 0.230 e. The van der Waals surface area contributed by atoms with Gasteiger partial charge in [0.15, 0.2) is 5.13 Å². The number of likely N-dealkylation sites (tertiary alicyclic amines) is 1. The van der Waals surface area contributed by atoms with Crippen molar-refractivity contribution >= 4 is 44.2 Å². The molecule has 164 valence electrons. The van der Waals surface area contributed by atoms with Gasteiger partial charge in [-0.15, -0.1) is 0 Å².